The Morgan fingerprint density at radius 3 is 2.33 bits per heavy atom. The lowest BCUT2D eigenvalue weighted by atomic mass is 9.79. The van der Waals surface area contributed by atoms with E-state index in [1.165, 1.54) is 25.7 Å². The first-order valence-corrected chi connectivity index (χ1v) is 5.12. The summed E-state index contributed by atoms with van der Waals surface area (Å²) < 4.78 is 0. The van der Waals surface area contributed by atoms with Crippen LogP contribution in [0.3, 0.4) is 0 Å². The Hall–Kier alpha value is -0.0800. The molecule has 0 amide bonds. The predicted octanol–water partition coefficient (Wildman–Crippen LogP) is 1.39. The SMILES string of the molecule is CN(CC1(O)CCC1)C1CCC1. The van der Waals surface area contributed by atoms with E-state index in [9.17, 15) is 5.11 Å². The van der Waals surface area contributed by atoms with E-state index in [4.69, 9.17) is 0 Å². The van der Waals surface area contributed by atoms with Crippen molar-refractivity contribution in [2.75, 3.05) is 13.6 Å². The minimum Gasteiger partial charge on any atom is -0.389 e. The summed E-state index contributed by atoms with van der Waals surface area (Å²) in [7, 11) is 2.15. The second-order valence-electron chi connectivity index (χ2n) is 4.58. The Morgan fingerprint density at radius 2 is 2.00 bits per heavy atom. The molecule has 0 aromatic heterocycles. The Morgan fingerprint density at radius 1 is 1.33 bits per heavy atom. The number of rotatable bonds is 3. The summed E-state index contributed by atoms with van der Waals surface area (Å²) in [5, 5.41) is 9.91. The minimum absolute atomic E-state index is 0.315. The van der Waals surface area contributed by atoms with Crippen molar-refractivity contribution < 1.29 is 5.11 Å². The molecule has 2 fully saturated rings. The van der Waals surface area contributed by atoms with Crippen molar-refractivity contribution in [3.8, 4) is 0 Å². The summed E-state index contributed by atoms with van der Waals surface area (Å²) in [6, 6.07) is 0.773. The van der Waals surface area contributed by atoms with Crippen molar-refractivity contribution in [1.29, 1.82) is 0 Å². The van der Waals surface area contributed by atoms with Gasteiger partial charge in [-0.05, 0) is 39.2 Å². The summed E-state index contributed by atoms with van der Waals surface area (Å²) in [6.45, 7) is 0.900. The van der Waals surface area contributed by atoms with Gasteiger partial charge in [0.05, 0.1) is 5.60 Å². The third kappa shape index (κ3) is 1.50. The topological polar surface area (TPSA) is 23.5 Å². The number of likely N-dealkylation sites (N-methyl/N-ethyl adjacent to an activating group) is 1. The van der Waals surface area contributed by atoms with E-state index in [2.05, 4.69) is 11.9 Å². The third-order valence-electron chi connectivity index (χ3n) is 3.53. The summed E-state index contributed by atoms with van der Waals surface area (Å²) in [6.07, 6.45) is 7.32. The highest BCUT2D eigenvalue weighted by atomic mass is 16.3. The van der Waals surface area contributed by atoms with Crippen molar-refractivity contribution in [3.05, 3.63) is 0 Å². The lowest BCUT2D eigenvalue weighted by Gasteiger charge is -2.44. The number of nitrogens with zero attached hydrogens (tertiary/aromatic N) is 1. The van der Waals surface area contributed by atoms with Crippen LogP contribution in [0.4, 0.5) is 0 Å². The van der Waals surface area contributed by atoms with Crippen LogP contribution in [0.1, 0.15) is 38.5 Å². The van der Waals surface area contributed by atoms with Crippen molar-refractivity contribution >= 4 is 0 Å². The molecule has 2 rings (SSSR count). The fourth-order valence-electron chi connectivity index (χ4n) is 2.16. The summed E-state index contributed by atoms with van der Waals surface area (Å²) >= 11 is 0. The third-order valence-corrected chi connectivity index (χ3v) is 3.53. The molecule has 0 radical (unpaired) electrons. The Kier molecular flexibility index (Phi) is 2.13. The maximum absolute atomic E-state index is 9.91. The van der Waals surface area contributed by atoms with Gasteiger partial charge in [0.1, 0.15) is 0 Å². The molecule has 0 heterocycles. The number of hydrogen-bond donors (Lipinski definition) is 1. The van der Waals surface area contributed by atoms with Crippen LogP contribution < -0.4 is 0 Å². The largest absolute Gasteiger partial charge is 0.389 e. The molecule has 0 aliphatic heterocycles. The maximum Gasteiger partial charge on any atom is 0.0774 e. The first-order valence-electron chi connectivity index (χ1n) is 5.12. The molecular weight excluding hydrogens is 150 g/mol. The van der Waals surface area contributed by atoms with E-state index in [1.54, 1.807) is 0 Å². The zero-order chi connectivity index (χ0) is 8.60. The van der Waals surface area contributed by atoms with Gasteiger partial charge < -0.3 is 10.0 Å². The molecule has 1 N–H and O–H groups in total. The standard InChI is InChI=1S/C10H19NO/c1-11(9-4-2-5-9)8-10(12)6-3-7-10/h9,12H,2-8H2,1H3. The van der Waals surface area contributed by atoms with Crippen LogP contribution in [0.25, 0.3) is 0 Å². The fourth-order valence-corrected chi connectivity index (χ4v) is 2.16. The minimum atomic E-state index is -0.315. The molecule has 2 aliphatic rings. The second kappa shape index (κ2) is 3.00. The van der Waals surface area contributed by atoms with Crippen LogP contribution in [0.2, 0.25) is 0 Å². The van der Waals surface area contributed by atoms with Crippen LogP contribution in [0, 0.1) is 0 Å². The lowest BCUT2D eigenvalue weighted by Crippen LogP contribution is -2.51. The molecule has 0 unspecified atom stereocenters. The van der Waals surface area contributed by atoms with Crippen LogP contribution in [0.15, 0.2) is 0 Å². The molecule has 2 heteroatoms. The molecule has 70 valence electrons. The van der Waals surface area contributed by atoms with Gasteiger partial charge in [-0.15, -0.1) is 0 Å². The van der Waals surface area contributed by atoms with Crippen molar-refractivity contribution in [1.82, 2.24) is 4.90 Å². The van der Waals surface area contributed by atoms with E-state index < -0.39 is 0 Å². The van der Waals surface area contributed by atoms with Gasteiger partial charge in [-0.1, -0.05) is 6.42 Å². The highest BCUT2D eigenvalue weighted by Crippen LogP contribution is 2.34. The normalized spacial score (nSPS) is 28.2. The smallest absolute Gasteiger partial charge is 0.0774 e. The molecule has 0 atom stereocenters. The summed E-state index contributed by atoms with van der Waals surface area (Å²) in [5.74, 6) is 0. The molecule has 12 heavy (non-hydrogen) atoms. The van der Waals surface area contributed by atoms with E-state index in [1.807, 2.05) is 0 Å². The lowest BCUT2D eigenvalue weighted by molar-refractivity contribution is -0.0667. The van der Waals surface area contributed by atoms with E-state index in [0.717, 1.165) is 25.4 Å². The average molecular weight is 169 g/mol. The zero-order valence-electron chi connectivity index (χ0n) is 7.92. The van der Waals surface area contributed by atoms with E-state index in [-0.39, 0.29) is 5.60 Å². The maximum atomic E-state index is 9.91. The van der Waals surface area contributed by atoms with E-state index in [0.29, 0.717) is 0 Å². The molecule has 0 bridgehead atoms. The second-order valence-corrected chi connectivity index (χ2v) is 4.58. The van der Waals surface area contributed by atoms with Gasteiger partial charge in [-0.3, -0.25) is 0 Å². The predicted molar refractivity (Wildman–Crippen MR) is 49.1 cm³/mol. The van der Waals surface area contributed by atoms with E-state index >= 15 is 0 Å². The molecule has 0 aromatic rings. The average Bonchev–Trinajstić information content (AvgIpc) is 1.79. The first kappa shape index (κ1) is 8.52. The van der Waals surface area contributed by atoms with Crippen LogP contribution >= 0.6 is 0 Å². The van der Waals surface area contributed by atoms with Crippen LogP contribution in [-0.4, -0.2) is 35.2 Å². The number of aliphatic hydroxyl groups is 1. The molecular formula is C10H19NO. The summed E-state index contributed by atoms with van der Waals surface area (Å²) in [5.41, 5.74) is -0.315. The molecule has 2 nitrogen and oxygen atoms in total. The first-order chi connectivity index (χ1) is 5.70. The van der Waals surface area contributed by atoms with Gasteiger partial charge in [0.2, 0.25) is 0 Å². The van der Waals surface area contributed by atoms with Gasteiger partial charge in [-0.2, -0.15) is 0 Å². The van der Waals surface area contributed by atoms with Crippen molar-refractivity contribution in [2.24, 2.45) is 0 Å². The molecule has 0 saturated heterocycles. The quantitative estimate of drug-likeness (QED) is 0.690. The monoisotopic (exact) mass is 169 g/mol. The Labute approximate surface area is 74.6 Å². The number of hydrogen-bond acceptors (Lipinski definition) is 2. The zero-order valence-corrected chi connectivity index (χ0v) is 7.92. The van der Waals surface area contributed by atoms with Gasteiger partial charge in [0.15, 0.2) is 0 Å². The van der Waals surface area contributed by atoms with Gasteiger partial charge >= 0.3 is 0 Å². The molecule has 2 saturated carbocycles. The van der Waals surface area contributed by atoms with Gasteiger partial charge in [0.25, 0.3) is 0 Å². The van der Waals surface area contributed by atoms with Crippen molar-refractivity contribution in [2.45, 2.75) is 50.2 Å². The summed E-state index contributed by atoms with van der Waals surface area (Å²) in [4.78, 5) is 2.35. The van der Waals surface area contributed by atoms with Gasteiger partial charge in [-0.25, -0.2) is 0 Å². The molecule has 0 spiro atoms. The molecule has 2 aliphatic carbocycles. The van der Waals surface area contributed by atoms with Crippen LogP contribution in [-0.2, 0) is 0 Å². The van der Waals surface area contributed by atoms with Gasteiger partial charge in [0, 0.05) is 12.6 Å². The Balaban J connectivity index is 1.77. The highest BCUT2D eigenvalue weighted by Gasteiger charge is 2.37. The Bertz CT molecular complexity index is 161. The fraction of sp³-hybridized carbons (Fsp3) is 1.00. The van der Waals surface area contributed by atoms with Crippen LogP contribution in [0.5, 0.6) is 0 Å². The van der Waals surface area contributed by atoms with Crippen molar-refractivity contribution in [3.63, 3.8) is 0 Å². The highest BCUT2D eigenvalue weighted by molar-refractivity contribution is 4.92. The molecule has 0 aromatic carbocycles.